The van der Waals surface area contributed by atoms with Crippen molar-refractivity contribution in [2.45, 2.75) is 18.9 Å². The molecule has 118 valence electrons. The van der Waals surface area contributed by atoms with Crippen LogP contribution in [0.4, 0.5) is 0 Å². The smallest absolute Gasteiger partial charge is 0.290 e. The maximum absolute atomic E-state index is 12.1. The maximum Gasteiger partial charge on any atom is 0.290 e. The third-order valence-corrected chi connectivity index (χ3v) is 3.72. The number of nitrogens with one attached hydrogen (secondary N) is 2. The summed E-state index contributed by atoms with van der Waals surface area (Å²) in [5.41, 5.74) is 1.43. The van der Waals surface area contributed by atoms with Gasteiger partial charge in [0.2, 0.25) is 5.76 Å². The Morgan fingerprint density at radius 1 is 1.41 bits per heavy atom. The van der Waals surface area contributed by atoms with Gasteiger partial charge in [-0.25, -0.2) is 0 Å². The lowest BCUT2D eigenvalue weighted by Gasteiger charge is -2.23. The van der Waals surface area contributed by atoms with Crippen LogP contribution in [0.5, 0.6) is 0 Å². The summed E-state index contributed by atoms with van der Waals surface area (Å²) in [4.78, 5) is 12.1. The molecule has 1 saturated heterocycles. The minimum atomic E-state index is -0.232. The van der Waals surface area contributed by atoms with Crippen LogP contribution in [0.3, 0.4) is 0 Å². The van der Waals surface area contributed by atoms with Crippen molar-refractivity contribution < 1.29 is 9.32 Å². The van der Waals surface area contributed by atoms with Crippen molar-refractivity contribution in [1.82, 2.24) is 15.8 Å². The molecule has 1 amide bonds. The van der Waals surface area contributed by atoms with E-state index in [2.05, 4.69) is 15.8 Å². The number of piperidine rings is 1. The topological polar surface area (TPSA) is 67.2 Å². The van der Waals surface area contributed by atoms with Crippen molar-refractivity contribution in [3.05, 3.63) is 41.1 Å². The van der Waals surface area contributed by atoms with E-state index < -0.39 is 0 Å². The quantitative estimate of drug-likeness (QED) is 0.900. The molecule has 2 aromatic rings. The molecule has 2 heterocycles. The van der Waals surface area contributed by atoms with Gasteiger partial charge in [-0.1, -0.05) is 28.9 Å². The fourth-order valence-corrected chi connectivity index (χ4v) is 2.59. The number of aromatic nitrogens is 1. The number of nitrogens with zero attached hydrogens (tertiary/aromatic N) is 1. The Morgan fingerprint density at radius 2 is 2.27 bits per heavy atom. The predicted molar refractivity (Wildman–Crippen MR) is 87.6 cm³/mol. The van der Waals surface area contributed by atoms with Gasteiger partial charge in [-0.05, 0) is 31.5 Å². The van der Waals surface area contributed by atoms with Gasteiger partial charge >= 0.3 is 0 Å². The number of carbonyl (C=O) groups excluding carboxylic acids is 1. The molecule has 1 fully saturated rings. The van der Waals surface area contributed by atoms with Crippen LogP contribution in [0.2, 0.25) is 5.02 Å². The lowest BCUT2D eigenvalue weighted by atomic mass is 10.1. The Kier molecular flexibility index (Phi) is 5.83. The molecule has 22 heavy (non-hydrogen) atoms. The van der Waals surface area contributed by atoms with Gasteiger partial charge < -0.3 is 15.2 Å². The summed E-state index contributed by atoms with van der Waals surface area (Å²) in [5, 5.41) is 10.8. The lowest BCUT2D eigenvalue weighted by molar-refractivity contribution is 0.0893. The molecule has 0 bridgehead atoms. The van der Waals surface area contributed by atoms with E-state index in [1.807, 2.05) is 12.1 Å². The average Bonchev–Trinajstić information content (AvgIpc) is 2.98. The normalized spacial score (nSPS) is 17.6. The minimum Gasteiger partial charge on any atom is -0.350 e. The first-order valence-electron chi connectivity index (χ1n) is 6.96. The van der Waals surface area contributed by atoms with Crippen LogP contribution in [0.1, 0.15) is 23.4 Å². The molecular formula is C15H17Cl2N3O2. The molecular weight excluding hydrogens is 325 g/mol. The van der Waals surface area contributed by atoms with Crippen molar-refractivity contribution in [2.75, 3.05) is 13.1 Å². The third-order valence-electron chi connectivity index (χ3n) is 3.49. The first-order valence-corrected chi connectivity index (χ1v) is 7.34. The summed E-state index contributed by atoms with van der Waals surface area (Å²) < 4.78 is 5.14. The highest BCUT2D eigenvalue weighted by atomic mass is 35.5. The molecule has 0 spiro atoms. The molecule has 2 N–H and O–H groups in total. The maximum atomic E-state index is 12.1. The van der Waals surface area contributed by atoms with Crippen LogP contribution in [0, 0.1) is 0 Å². The fraction of sp³-hybridized carbons (Fsp3) is 0.333. The Morgan fingerprint density at radius 3 is 3.00 bits per heavy atom. The summed E-state index contributed by atoms with van der Waals surface area (Å²) in [6.45, 7) is 1.80. The number of carbonyl (C=O) groups is 1. The van der Waals surface area contributed by atoms with E-state index in [-0.39, 0.29) is 30.1 Å². The predicted octanol–water partition coefficient (Wildman–Crippen LogP) is 2.90. The number of hydrogen-bond donors (Lipinski definition) is 2. The number of hydrogen-bond acceptors (Lipinski definition) is 4. The first kappa shape index (κ1) is 16.8. The molecule has 0 aliphatic carbocycles. The number of amides is 1. The zero-order chi connectivity index (χ0) is 14.7. The second kappa shape index (κ2) is 7.63. The van der Waals surface area contributed by atoms with E-state index >= 15 is 0 Å². The lowest BCUT2D eigenvalue weighted by Crippen LogP contribution is -2.45. The van der Waals surface area contributed by atoms with E-state index in [9.17, 15) is 4.79 Å². The van der Waals surface area contributed by atoms with Gasteiger partial charge in [0.25, 0.3) is 5.91 Å². The monoisotopic (exact) mass is 341 g/mol. The van der Waals surface area contributed by atoms with E-state index in [0.717, 1.165) is 31.5 Å². The van der Waals surface area contributed by atoms with Crippen LogP contribution >= 0.6 is 24.0 Å². The Hall–Kier alpha value is -1.56. The molecule has 0 radical (unpaired) electrons. The van der Waals surface area contributed by atoms with Gasteiger partial charge in [0, 0.05) is 29.2 Å². The summed E-state index contributed by atoms with van der Waals surface area (Å²) in [6, 6.07) is 9.06. The van der Waals surface area contributed by atoms with Crippen LogP contribution in [0.15, 0.2) is 34.9 Å². The molecule has 1 atom stereocenters. The largest absolute Gasteiger partial charge is 0.350 e. The number of rotatable bonds is 3. The van der Waals surface area contributed by atoms with Crippen molar-refractivity contribution in [2.24, 2.45) is 0 Å². The molecule has 1 aliphatic rings. The van der Waals surface area contributed by atoms with Crippen molar-refractivity contribution in [1.29, 1.82) is 0 Å². The molecule has 7 heteroatoms. The zero-order valence-corrected chi connectivity index (χ0v) is 13.4. The van der Waals surface area contributed by atoms with Crippen molar-refractivity contribution in [3.63, 3.8) is 0 Å². The number of halogens is 2. The van der Waals surface area contributed by atoms with E-state index in [4.69, 9.17) is 16.1 Å². The summed E-state index contributed by atoms with van der Waals surface area (Å²) in [5.74, 6) is -0.0139. The summed E-state index contributed by atoms with van der Waals surface area (Å²) in [6.07, 6.45) is 2.04. The summed E-state index contributed by atoms with van der Waals surface area (Å²) >= 11 is 5.95. The molecule has 1 unspecified atom stereocenters. The van der Waals surface area contributed by atoms with E-state index in [1.165, 1.54) is 0 Å². The van der Waals surface area contributed by atoms with Gasteiger partial charge in [0.05, 0.1) is 0 Å². The van der Waals surface area contributed by atoms with Gasteiger partial charge in [-0.15, -0.1) is 12.4 Å². The minimum absolute atomic E-state index is 0. The van der Waals surface area contributed by atoms with E-state index in [1.54, 1.807) is 18.2 Å². The second-order valence-corrected chi connectivity index (χ2v) is 5.54. The van der Waals surface area contributed by atoms with Crippen molar-refractivity contribution in [3.8, 4) is 11.3 Å². The Bertz CT molecular complexity index is 639. The van der Waals surface area contributed by atoms with Gasteiger partial charge in [0.1, 0.15) is 5.69 Å². The SMILES string of the molecule is Cl.O=C(NC1CCCNC1)c1cc(-c2cccc(Cl)c2)no1. The molecule has 1 aliphatic heterocycles. The van der Waals surface area contributed by atoms with Gasteiger partial charge in [0.15, 0.2) is 0 Å². The number of benzene rings is 1. The zero-order valence-electron chi connectivity index (χ0n) is 11.8. The second-order valence-electron chi connectivity index (χ2n) is 5.10. The van der Waals surface area contributed by atoms with E-state index in [0.29, 0.717) is 10.7 Å². The van der Waals surface area contributed by atoms with Crippen LogP contribution < -0.4 is 10.6 Å². The summed E-state index contributed by atoms with van der Waals surface area (Å²) in [7, 11) is 0. The molecule has 1 aromatic carbocycles. The standard InChI is InChI=1S/C15H16ClN3O2.ClH/c16-11-4-1-3-10(7-11)13-8-14(21-19-13)15(20)18-12-5-2-6-17-9-12;/h1,3-4,7-8,12,17H,2,5-6,9H2,(H,18,20);1H. The van der Waals surface area contributed by atoms with Crippen LogP contribution in [0.25, 0.3) is 11.3 Å². The highest BCUT2D eigenvalue weighted by Crippen LogP contribution is 2.22. The fourth-order valence-electron chi connectivity index (χ4n) is 2.40. The van der Waals surface area contributed by atoms with Crippen LogP contribution in [-0.2, 0) is 0 Å². The first-order chi connectivity index (χ1) is 10.2. The molecule has 1 aromatic heterocycles. The van der Waals surface area contributed by atoms with Gasteiger partial charge in [-0.3, -0.25) is 4.79 Å². The Balaban J connectivity index is 0.00000176. The van der Waals surface area contributed by atoms with Gasteiger partial charge in [-0.2, -0.15) is 0 Å². The molecule has 3 rings (SSSR count). The van der Waals surface area contributed by atoms with Crippen LogP contribution in [-0.4, -0.2) is 30.2 Å². The third kappa shape index (κ3) is 4.00. The highest BCUT2D eigenvalue weighted by Gasteiger charge is 2.19. The highest BCUT2D eigenvalue weighted by molar-refractivity contribution is 6.30. The van der Waals surface area contributed by atoms with Crippen molar-refractivity contribution >= 4 is 29.9 Å². The molecule has 0 saturated carbocycles. The Labute approximate surface area is 139 Å². The average molecular weight is 342 g/mol. The molecule has 5 nitrogen and oxygen atoms in total.